The molecule has 1 aliphatic rings. The van der Waals surface area contributed by atoms with Gasteiger partial charge in [0.1, 0.15) is 10.8 Å². The van der Waals surface area contributed by atoms with Crippen molar-refractivity contribution in [3.05, 3.63) is 69.6 Å². The van der Waals surface area contributed by atoms with Crippen LogP contribution in [-0.4, -0.2) is 45.0 Å². The molecule has 0 aliphatic carbocycles. The van der Waals surface area contributed by atoms with E-state index in [1.165, 1.54) is 18.4 Å². The largest absolute Gasteiger partial charge is 0.482 e. The minimum atomic E-state index is -0.751. The first-order chi connectivity index (χ1) is 17.9. The van der Waals surface area contributed by atoms with Gasteiger partial charge in [0.25, 0.3) is 5.91 Å². The minimum absolute atomic E-state index is 0.159. The van der Waals surface area contributed by atoms with Crippen LogP contribution >= 0.6 is 11.3 Å². The monoisotopic (exact) mass is 522 g/mol. The van der Waals surface area contributed by atoms with E-state index in [0.717, 1.165) is 10.4 Å². The van der Waals surface area contributed by atoms with E-state index < -0.39 is 31.1 Å². The van der Waals surface area contributed by atoms with Crippen LogP contribution in [0.2, 0.25) is 0 Å². The molecule has 1 amide bonds. The Morgan fingerprint density at radius 1 is 1.08 bits per heavy atom. The maximum absolute atomic E-state index is 12.6. The number of carbonyl (C=O) groups is 3. The van der Waals surface area contributed by atoms with Gasteiger partial charge in [-0.1, -0.05) is 6.07 Å². The van der Waals surface area contributed by atoms with Gasteiger partial charge in [0.2, 0.25) is 6.79 Å². The number of esters is 2. The minimum Gasteiger partial charge on any atom is -0.482 e. The van der Waals surface area contributed by atoms with E-state index in [1.807, 2.05) is 25.1 Å². The first-order valence-electron chi connectivity index (χ1n) is 11.1. The summed E-state index contributed by atoms with van der Waals surface area (Å²) in [5.74, 6) is -0.297. The molecule has 10 nitrogen and oxygen atoms in total. The first kappa shape index (κ1) is 25.5. The number of thiophene rings is 1. The van der Waals surface area contributed by atoms with E-state index in [4.69, 9.17) is 28.9 Å². The SMILES string of the molecule is COC(=O)c1c(NC(=O)COC(=O)COc2ccc(C#N)cc2)sc(C)c1Cc1ccc2c(c1)OCO2. The maximum Gasteiger partial charge on any atom is 0.344 e. The van der Waals surface area contributed by atoms with Crippen LogP contribution in [0.5, 0.6) is 17.2 Å². The van der Waals surface area contributed by atoms with Crippen molar-refractivity contribution in [1.29, 1.82) is 5.26 Å². The Hall–Kier alpha value is -4.56. The van der Waals surface area contributed by atoms with Crippen molar-refractivity contribution in [2.45, 2.75) is 13.3 Å². The quantitative estimate of drug-likeness (QED) is 0.419. The average Bonchev–Trinajstić information content (AvgIpc) is 3.49. The number of methoxy groups -OCH3 is 1. The highest BCUT2D eigenvalue weighted by molar-refractivity contribution is 7.16. The summed E-state index contributed by atoms with van der Waals surface area (Å²) in [5, 5.41) is 11.8. The summed E-state index contributed by atoms with van der Waals surface area (Å²) < 4.78 is 26.0. The zero-order chi connectivity index (χ0) is 26.4. The van der Waals surface area contributed by atoms with Crippen LogP contribution in [0.3, 0.4) is 0 Å². The smallest absolute Gasteiger partial charge is 0.344 e. The molecule has 4 rings (SSSR count). The molecule has 3 aromatic rings. The van der Waals surface area contributed by atoms with E-state index in [9.17, 15) is 14.4 Å². The molecular weight excluding hydrogens is 500 g/mol. The molecule has 11 heteroatoms. The van der Waals surface area contributed by atoms with Crippen molar-refractivity contribution < 1.29 is 38.1 Å². The number of nitrogens with one attached hydrogen (secondary N) is 1. The lowest BCUT2D eigenvalue weighted by atomic mass is 10.0. The molecule has 37 heavy (non-hydrogen) atoms. The van der Waals surface area contributed by atoms with Gasteiger partial charge in [-0.15, -0.1) is 11.3 Å². The fraction of sp³-hybridized carbons (Fsp3) is 0.231. The molecule has 1 aromatic heterocycles. The molecule has 0 saturated heterocycles. The van der Waals surface area contributed by atoms with Gasteiger partial charge in [-0.25, -0.2) is 9.59 Å². The summed E-state index contributed by atoms with van der Waals surface area (Å²) in [7, 11) is 1.26. The highest BCUT2D eigenvalue weighted by Gasteiger charge is 2.25. The van der Waals surface area contributed by atoms with E-state index in [2.05, 4.69) is 5.32 Å². The number of hydrogen-bond donors (Lipinski definition) is 1. The second-order valence-electron chi connectivity index (χ2n) is 7.83. The van der Waals surface area contributed by atoms with Crippen LogP contribution in [0.4, 0.5) is 5.00 Å². The number of fused-ring (bicyclic) bond motifs is 1. The molecule has 2 aromatic carbocycles. The zero-order valence-corrected chi connectivity index (χ0v) is 20.8. The zero-order valence-electron chi connectivity index (χ0n) is 20.0. The Kier molecular flexibility index (Phi) is 7.90. The summed E-state index contributed by atoms with van der Waals surface area (Å²) in [6.45, 7) is 1.02. The number of ether oxygens (including phenoxy) is 5. The summed E-state index contributed by atoms with van der Waals surface area (Å²) >= 11 is 1.23. The van der Waals surface area contributed by atoms with Gasteiger partial charge in [0.15, 0.2) is 24.7 Å². The number of nitriles is 1. The molecule has 0 radical (unpaired) electrons. The first-order valence-corrected chi connectivity index (χ1v) is 11.9. The summed E-state index contributed by atoms with van der Waals surface area (Å²) in [6, 6.07) is 13.7. The van der Waals surface area contributed by atoms with Crippen LogP contribution in [0.1, 0.15) is 31.9 Å². The fourth-order valence-corrected chi connectivity index (χ4v) is 4.65. The molecule has 0 bridgehead atoms. The molecule has 1 aliphatic heterocycles. The van der Waals surface area contributed by atoms with Crippen molar-refractivity contribution >= 4 is 34.2 Å². The number of aryl methyl sites for hydroxylation is 1. The second-order valence-corrected chi connectivity index (χ2v) is 9.06. The van der Waals surface area contributed by atoms with Gasteiger partial charge in [0.05, 0.1) is 24.3 Å². The third-order valence-electron chi connectivity index (χ3n) is 5.37. The fourth-order valence-electron chi connectivity index (χ4n) is 3.57. The van der Waals surface area contributed by atoms with Gasteiger partial charge in [-0.2, -0.15) is 5.26 Å². The van der Waals surface area contributed by atoms with E-state index in [-0.39, 0.29) is 12.4 Å². The Balaban J connectivity index is 1.38. The Morgan fingerprint density at radius 3 is 2.57 bits per heavy atom. The summed E-state index contributed by atoms with van der Waals surface area (Å²) in [5.41, 5.74) is 2.30. The number of hydrogen-bond acceptors (Lipinski definition) is 10. The predicted octanol–water partition coefficient (Wildman–Crippen LogP) is 3.60. The van der Waals surface area contributed by atoms with Gasteiger partial charge in [0, 0.05) is 4.88 Å². The Morgan fingerprint density at radius 2 is 1.84 bits per heavy atom. The normalized spacial score (nSPS) is 11.4. The molecular formula is C26H22N2O8S. The second kappa shape index (κ2) is 11.5. The number of carbonyl (C=O) groups excluding carboxylic acids is 3. The number of nitrogens with zero attached hydrogens (tertiary/aromatic N) is 1. The highest BCUT2D eigenvalue weighted by Crippen LogP contribution is 2.37. The average molecular weight is 523 g/mol. The summed E-state index contributed by atoms with van der Waals surface area (Å²) in [4.78, 5) is 37.9. The lowest BCUT2D eigenvalue weighted by Crippen LogP contribution is -2.24. The lowest BCUT2D eigenvalue weighted by Gasteiger charge is -2.09. The number of rotatable bonds is 9. The molecule has 190 valence electrons. The molecule has 0 atom stereocenters. The summed E-state index contributed by atoms with van der Waals surface area (Å²) in [6.07, 6.45) is 0.404. The lowest BCUT2D eigenvalue weighted by molar-refractivity contribution is -0.149. The van der Waals surface area contributed by atoms with E-state index in [0.29, 0.717) is 39.8 Å². The third kappa shape index (κ3) is 6.17. The third-order valence-corrected chi connectivity index (χ3v) is 6.44. The Labute approximate surface area is 216 Å². The van der Waals surface area contributed by atoms with Crippen molar-refractivity contribution in [3.8, 4) is 23.3 Å². The standard InChI is InChI=1S/C26H22N2O8S/c1-15-19(9-17-5-8-20-21(10-17)36-14-35-20)24(26(31)32-2)25(37-15)28-22(29)12-34-23(30)13-33-18-6-3-16(11-27)4-7-18/h3-8,10H,9,12-14H2,1-2H3,(H,28,29). The molecule has 0 saturated carbocycles. The topological polar surface area (TPSA) is 133 Å². The molecule has 1 N–H and O–H groups in total. The van der Waals surface area contributed by atoms with Gasteiger partial charge < -0.3 is 29.0 Å². The Bertz CT molecular complexity index is 1370. The van der Waals surface area contributed by atoms with Crippen LogP contribution in [0.25, 0.3) is 0 Å². The van der Waals surface area contributed by atoms with Crippen molar-refractivity contribution in [2.75, 3.05) is 32.4 Å². The number of amides is 1. The van der Waals surface area contributed by atoms with Gasteiger partial charge in [-0.3, -0.25) is 4.79 Å². The number of benzene rings is 2. The molecule has 0 unspecified atom stereocenters. The van der Waals surface area contributed by atoms with Crippen molar-refractivity contribution in [1.82, 2.24) is 0 Å². The van der Waals surface area contributed by atoms with Crippen molar-refractivity contribution in [2.24, 2.45) is 0 Å². The van der Waals surface area contributed by atoms with Gasteiger partial charge in [-0.05, 0) is 60.9 Å². The van der Waals surface area contributed by atoms with Crippen LogP contribution in [-0.2, 0) is 25.5 Å². The van der Waals surface area contributed by atoms with Crippen molar-refractivity contribution in [3.63, 3.8) is 0 Å². The molecule has 0 spiro atoms. The maximum atomic E-state index is 12.6. The molecule has 0 fully saturated rings. The van der Waals surface area contributed by atoms with Crippen LogP contribution < -0.4 is 19.5 Å². The van der Waals surface area contributed by atoms with E-state index in [1.54, 1.807) is 30.3 Å². The van der Waals surface area contributed by atoms with Gasteiger partial charge >= 0.3 is 11.9 Å². The van der Waals surface area contributed by atoms with E-state index >= 15 is 0 Å². The predicted molar refractivity (Wildman–Crippen MR) is 132 cm³/mol. The van der Waals surface area contributed by atoms with Crippen LogP contribution in [0.15, 0.2) is 42.5 Å². The van der Waals surface area contributed by atoms with Crippen LogP contribution in [0, 0.1) is 18.3 Å². The molecule has 2 heterocycles. The highest BCUT2D eigenvalue weighted by atomic mass is 32.1. The number of anilines is 1.